The smallest absolute Gasteiger partial charge is 0.244 e. The quantitative estimate of drug-likeness (QED) is 0.885. The van der Waals surface area contributed by atoms with Gasteiger partial charge in [0, 0.05) is 17.7 Å². The number of carbonyl (C=O) groups is 1. The van der Waals surface area contributed by atoms with Crippen LogP contribution in [-0.2, 0) is 4.79 Å². The van der Waals surface area contributed by atoms with Crippen molar-refractivity contribution in [3.8, 4) is 0 Å². The minimum Gasteiger partial charge on any atom is -0.440 e. The molecule has 5 nitrogen and oxygen atoms in total. The van der Waals surface area contributed by atoms with E-state index in [0.29, 0.717) is 23.6 Å². The van der Waals surface area contributed by atoms with Crippen molar-refractivity contribution in [3.63, 3.8) is 0 Å². The topological polar surface area (TPSA) is 81.2 Å². The fourth-order valence-corrected chi connectivity index (χ4v) is 2.43. The fraction of sp³-hybridized carbons (Fsp3) is 0.500. The molecule has 1 aromatic heterocycles. The number of fused-ring (bicyclic) bond motifs is 1. The Kier molecular flexibility index (Phi) is 3.45. The monoisotopic (exact) mass is 287 g/mol. The van der Waals surface area contributed by atoms with Crippen molar-refractivity contribution in [1.29, 1.82) is 0 Å². The van der Waals surface area contributed by atoms with Gasteiger partial charge >= 0.3 is 0 Å². The molecule has 3 rings (SSSR count). The summed E-state index contributed by atoms with van der Waals surface area (Å²) in [6.45, 7) is 3.77. The van der Waals surface area contributed by atoms with E-state index in [9.17, 15) is 4.79 Å². The molecule has 1 saturated carbocycles. The predicted molar refractivity (Wildman–Crippen MR) is 82.1 cm³/mol. The zero-order valence-corrected chi connectivity index (χ0v) is 12.5. The number of nitrogens with two attached hydrogens (primary N) is 1. The van der Waals surface area contributed by atoms with E-state index in [1.54, 1.807) is 6.92 Å². The van der Waals surface area contributed by atoms with E-state index < -0.39 is 5.54 Å². The molecule has 0 bridgehead atoms. The lowest BCUT2D eigenvalue weighted by Gasteiger charge is -2.22. The third-order valence-electron chi connectivity index (χ3n) is 3.88. The van der Waals surface area contributed by atoms with Crippen molar-refractivity contribution < 1.29 is 9.21 Å². The molecular weight excluding hydrogens is 266 g/mol. The van der Waals surface area contributed by atoms with Crippen molar-refractivity contribution in [2.45, 2.75) is 51.0 Å². The van der Waals surface area contributed by atoms with Crippen LogP contribution in [0.25, 0.3) is 11.1 Å². The predicted octanol–water partition coefficient (Wildman–Crippen LogP) is 3.16. The van der Waals surface area contributed by atoms with Gasteiger partial charge in [0.1, 0.15) is 5.52 Å². The summed E-state index contributed by atoms with van der Waals surface area (Å²) in [4.78, 5) is 16.7. The minimum atomic E-state index is -0.857. The number of anilines is 1. The molecule has 0 radical (unpaired) electrons. The van der Waals surface area contributed by atoms with E-state index in [2.05, 4.69) is 10.3 Å². The normalized spacial score (nSPS) is 17.7. The van der Waals surface area contributed by atoms with Crippen LogP contribution in [0.5, 0.6) is 0 Å². The van der Waals surface area contributed by atoms with E-state index in [1.807, 2.05) is 25.1 Å². The Labute approximate surface area is 123 Å². The van der Waals surface area contributed by atoms with Gasteiger partial charge < -0.3 is 15.5 Å². The van der Waals surface area contributed by atoms with E-state index in [1.165, 1.54) is 0 Å². The SMILES string of the molecule is CCCC(C)(N)C(=O)Nc1ccc2nc(C3CC3)oc2c1. The standard InChI is InChI=1S/C16H21N3O2/c1-3-8-16(2,17)15(20)18-11-6-7-12-13(9-11)21-14(19-12)10-4-5-10/h6-7,9-10H,3-5,8,17H2,1-2H3,(H,18,20). The Bertz CT molecular complexity index is 671. The maximum atomic E-state index is 12.2. The van der Waals surface area contributed by atoms with Gasteiger partial charge in [0.15, 0.2) is 11.5 Å². The van der Waals surface area contributed by atoms with Gasteiger partial charge in [-0.2, -0.15) is 0 Å². The molecule has 1 unspecified atom stereocenters. The summed E-state index contributed by atoms with van der Waals surface area (Å²) < 4.78 is 5.75. The Balaban J connectivity index is 1.79. The zero-order chi connectivity index (χ0) is 15.0. The number of benzene rings is 1. The first kappa shape index (κ1) is 14.1. The van der Waals surface area contributed by atoms with Gasteiger partial charge in [0.05, 0.1) is 5.54 Å². The number of amides is 1. The number of carbonyl (C=O) groups excluding carboxylic acids is 1. The highest BCUT2D eigenvalue weighted by Crippen LogP contribution is 2.40. The number of nitrogens with one attached hydrogen (secondary N) is 1. The molecule has 1 heterocycles. The molecule has 112 valence electrons. The first-order chi connectivity index (χ1) is 9.99. The molecule has 1 fully saturated rings. The highest BCUT2D eigenvalue weighted by molar-refractivity contribution is 5.98. The first-order valence-corrected chi connectivity index (χ1v) is 7.50. The van der Waals surface area contributed by atoms with Crippen LogP contribution in [0.1, 0.15) is 51.3 Å². The molecule has 0 aliphatic heterocycles. The maximum absolute atomic E-state index is 12.2. The first-order valence-electron chi connectivity index (χ1n) is 7.50. The van der Waals surface area contributed by atoms with Gasteiger partial charge in [-0.25, -0.2) is 4.98 Å². The second kappa shape index (κ2) is 5.15. The lowest BCUT2D eigenvalue weighted by molar-refractivity contribution is -0.120. The molecule has 1 aliphatic rings. The largest absolute Gasteiger partial charge is 0.440 e. The lowest BCUT2D eigenvalue weighted by atomic mass is 9.96. The van der Waals surface area contributed by atoms with Gasteiger partial charge in [-0.3, -0.25) is 4.79 Å². The third-order valence-corrected chi connectivity index (χ3v) is 3.88. The summed E-state index contributed by atoms with van der Waals surface area (Å²) >= 11 is 0. The van der Waals surface area contributed by atoms with Crippen LogP contribution in [0.2, 0.25) is 0 Å². The molecule has 0 spiro atoms. The van der Waals surface area contributed by atoms with Crippen LogP contribution in [0.3, 0.4) is 0 Å². The summed E-state index contributed by atoms with van der Waals surface area (Å²) in [6, 6.07) is 5.52. The van der Waals surface area contributed by atoms with Crippen molar-refractivity contribution >= 4 is 22.7 Å². The van der Waals surface area contributed by atoms with Crippen molar-refractivity contribution in [3.05, 3.63) is 24.1 Å². The summed E-state index contributed by atoms with van der Waals surface area (Å²) in [6.07, 6.45) is 3.82. The van der Waals surface area contributed by atoms with Gasteiger partial charge in [0.25, 0.3) is 0 Å². The Morgan fingerprint density at radius 3 is 2.95 bits per heavy atom. The zero-order valence-electron chi connectivity index (χ0n) is 12.5. The van der Waals surface area contributed by atoms with Crippen molar-refractivity contribution in [2.24, 2.45) is 5.73 Å². The molecule has 2 aromatic rings. The molecule has 5 heteroatoms. The molecule has 1 aromatic carbocycles. The van der Waals surface area contributed by atoms with Crippen LogP contribution in [0.4, 0.5) is 5.69 Å². The number of nitrogens with zero attached hydrogens (tertiary/aromatic N) is 1. The lowest BCUT2D eigenvalue weighted by Crippen LogP contribution is -2.48. The Morgan fingerprint density at radius 1 is 1.52 bits per heavy atom. The minimum absolute atomic E-state index is 0.175. The summed E-state index contributed by atoms with van der Waals surface area (Å²) in [7, 11) is 0. The Hall–Kier alpha value is -1.88. The van der Waals surface area contributed by atoms with Crippen LogP contribution >= 0.6 is 0 Å². The molecule has 1 atom stereocenters. The van der Waals surface area contributed by atoms with Crippen LogP contribution in [0, 0.1) is 0 Å². The van der Waals surface area contributed by atoms with E-state index in [0.717, 1.165) is 30.7 Å². The number of rotatable bonds is 5. The van der Waals surface area contributed by atoms with Crippen LogP contribution < -0.4 is 11.1 Å². The fourth-order valence-electron chi connectivity index (χ4n) is 2.43. The second-order valence-corrected chi connectivity index (χ2v) is 6.13. The van der Waals surface area contributed by atoms with Crippen LogP contribution in [0.15, 0.2) is 22.6 Å². The van der Waals surface area contributed by atoms with Crippen molar-refractivity contribution in [2.75, 3.05) is 5.32 Å². The van der Waals surface area contributed by atoms with Gasteiger partial charge in [-0.15, -0.1) is 0 Å². The molecule has 0 saturated heterocycles. The number of aromatic nitrogens is 1. The van der Waals surface area contributed by atoms with E-state index >= 15 is 0 Å². The molecule has 1 amide bonds. The Morgan fingerprint density at radius 2 is 2.29 bits per heavy atom. The van der Waals surface area contributed by atoms with Gasteiger partial charge in [-0.05, 0) is 38.3 Å². The summed E-state index contributed by atoms with van der Waals surface area (Å²) in [5.74, 6) is 1.11. The highest BCUT2D eigenvalue weighted by Gasteiger charge is 2.29. The van der Waals surface area contributed by atoms with Gasteiger partial charge in [0.2, 0.25) is 5.91 Å². The van der Waals surface area contributed by atoms with Crippen LogP contribution in [-0.4, -0.2) is 16.4 Å². The maximum Gasteiger partial charge on any atom is 0.244 e. The average molecular weight is 287 g/mol. The number of hydrogen-bond donors (Lipinski definition) is 2. The highest BCUT2D eigenvalue weighted by atomic mass is 16.3. The molecule has 3 N–H and O–H groups in total. The third kappa shape index (κ3) is 2.93. The average Bonchev–Trinajstić information content (AvgIpc) is 3.19. The van der Waals surface area contributed by atoms with E-state index in [-0.39, 0.29) is 5.91 Å². The van der Waals surface area contributed by atoms with Gasteiger partial charge in [-0.1, -0.05) is 13.3 Å². The van der Waals surface area contributed by atoms with Crippen molar-refractivity contribution in [1.82, 2.24) is 4.98 Å². The molecule has 1 aliphatic carbocycles. The summed E-state index contributed by atoms with van der Waals surface area (Å²) in [5.41, 5.74) is 7.42. The van der Waals surface area contributed by atoms with E-state index in [4.69, 9.17) is 10.2 Å². The molecular formula is C16H21N3O2. The molecule has 21 heavy (non-hydrogen) atoms. The number of hydrogen-bond acceptors (Lipinski definition) is 4. The number of oxazole rings is 1. The second-order valence-electron chi connectivity index (χ2n) is 6.13. The summed E-state index contributed by atoms with van der Waals surface area (Å²) in [5, 5.41) is 2.86.